The van der Waals surface area contributed by atoms with Gasteiger partial charge in [-0.1, -0.05) is 12.8 Å². The lowest BCUT2D eigenvalue weighted by molar-refractivity contribution is 0.160. The van der Waals surface area contributed by atoms with Crippen molar-refractivity contribution in [3.63, 3.8) is 0 Å². The summed E-state index contributed by atoms with van der Waals surface area (Å²) in [6.07, 6.45) is 10.1. The summed E-state index contributed by atoms with van der Waals surface area (Å²) in [6, 6.07) is 0. The number of hydrogen-bond donors (Lipinski definition) is 1. The molecule has 0 spiro atoms. The maximum atomic E-state index is 5.80. The number of nitrogens with two attached hydrogens (primary N) is 1. The van der Waals surface area contributed by atoms with Crippen LogP contribution < -0.4 is 5.73 Å². The van der Waals surface area contributed by atoms with Crippen LogP contribution in [0, 0.1) is 11.3 Å². The van der Waals surface area contributed by atoms with Crippen LogP contribution in [0.15, 0.2) is 0 Å². The smallest absolute Gasteiger partial charge is 0.000767 e. The van der Waals surface area contributed by atoms with Crippen LogP contribution in [0.2, 0.25) is 0 Å². The Kier molecular flexibility index (Phi) is 3.78. The third-order valence-electron chi connectivity index (χ3n) is 4.22. The molecule has 14 heavy (non-hydrogen) atoms. The number of rotatable bonds is 3. The molecule has 1 aliphatic carbocycles. The zero-order valence-corrected chi connectivity index (χ0v) is 9.95. The molecule has 0 bridgehead atoms. The summed E-state index contributed by atoms with van der Waals surface area (Å²) < 4.78 is 0. The number of thioether (sulfide) groups is 1. The van der Waals surface area contributed by atoms with Crippen molar-refractivity contribution in [2.75, 3.05) is 18.1 Å². The van der Waals surface area contributed by atoms with Crippen molar-refractivity contribution in [2.24, 2.45) is 17.1 Å². The third kappa shape index (κ3) is 2.11. The van der Waals surface area contributed by atoms with Gasteiger partial charge in [0.1, 0.15) is 0 Å². The van der Waals surface area contributed by atoms with Crippen LogP contribution in [0.1, 0.15) is 44.9 Å². The van der Waals surface area contributed by atoms with E-state index in [4.69, 9.17) is 5.73 Å². The Morgan fingerprint density at radius 2 is 2.00 bits per heavy atom. The molecule has 0 amide bonds. The van der Waals surface area contributed by atoms with Crippen LogP contribution in [-0.2, 0) is 0 Å². The zero-order chi connectivity index (χ0) is 9.86. The van der Waals surface area contributed by atoms with E-state index in [-0.39, 0.29) is 0 Å². The average Bonchev–Trinajstić information content (AvgIpc) is 2.73. The Hall–Kier alpha value is 0.310. The van der Waals surface area contributed by atoms with E-state index in [0.29, 0.717) is 5.41 Å². The Morgan fingerprint density at radius 1 is 1.21 bits per heavy atom. The molecule has 1 atom stereocenters. The Bertz CT molecular complexity index is 164. The summed E-state index contributed by atoms with van der Waals surface area (Å²) in [5, 5.41) is 0. The lowest BCUT2D eigenvalue weighted by atomic mass is 9.70. The molecule has 82 valence electrons. The minimum absolute atomic E-state index is 0.647. The van der Waals surface area contributed by atoms with E-state index in [1.54, 1.807) is 0 Å². The highest BCUT2D eigenvalue weighted by Crippen LogP contribution is 2.49. The molecule has 1 saturated carbocycles. The molecule has 0 aromatic carbocycles. The van der Waals surface area contributed by atoms with Gasteiger partial charge in [0.15, 0.2) is 0 Å². The van der Waals surface area contributed by atoms with Gasteiger partial charge < -0.3 is 5.73 Å². The zero-order valence-electron chi connectivity index (χ0n) is 9.13. The summed E-state index contributed by atoms with van der Waals surface area (Å²) in [7, 11) is 0. The van der Waals surface area contributed by atoms with Crippen molar-refractivity contribution < 1.29 is 0 Å². The number of hydrogen-bond acceptors (Lipinski definition) is 2. The Labute approximate surface area is 92.2 Å². The molecule has 2 N–H and O–H groups in total. The van der Waals surface area contributed by atoms with Crippen molar-refractivity contribution >= 4 is 11.8 Å². The summed E-state index contributed by atoms with van der Waals surface area (Å²) in [6.45, 7) is 0.900. The van der Waals surface area contributed by atoms with E-state index in [1.807, 2.05) is 0 Å². The van der Waals surface area contributed by atoms with Gasteiger partial charge in [0.05, 0.1) is 0 Å². The second kappa shape index (κ2) is 4.89. The van der Waals surface area contributed by atoms with E-state index < -0.39 is 0 Å². The van der Waals surface area contributed by atoms with E-state index in [9.17, 15) is 0 Å². The molecular formula is C12H23NS. The highest BCUT2D eigenvalue weighted by molar-refractivity contribution is 7.99. The summed E-state index contributed by atoms with van der Waals surface area (Å²) in [5.41, 5.74) is 6.45. The quantitative estimate of drug-likeness (QED) is 0.780. The summed E-state index contributed by atoms with van der Waals surface area (Å²) in [4.78, 5) is 0. The van der Waals surface area contributed by atoms with Crippen LogP contribution in [0.25, 0.3) is 0 Å². The second-order valence-corrected chi connectivity index (χ2v) is 6.14. The molecule has 1 nitrogen and oxygen atoms in total. The maximum Gasteiger partial charge on any atom is -0.000767 e. The summed E-state index contributed by atoms with van der Waals surface area (Å²) in [5.74, 6) is 3.80. The molecule has 2 aliphatic rings. The van der Waals surface area contributed by atoms with E-state index in [1.165, 1.54) is 56.5 Å². The van der Waals surface area contributed by atoms with Gasteiger partial charge in [-0.15, -0.1) is 0 Å². The maximum absolute atomic E-state index is 5.80. The van der Waals surface area contributed by atoms with Gasteiger partial charge in [0.2, 0.25) is 0 Å². The lowest BCUT2D eigenvalue weighted by Gasteiger charge is -2.42. The standard InChI is InChI=1S/C12H23NS/c13-8-7-12(6-3-9-14-10-12)11-4-1-2-5-11/h11H,1-10,13H2. The van der Waals surface area contributed by atoms with Gasteiger partial charge in [-0.05, 0) is 61.5 Å². The molecule has 0 aromatic rings. The minimum Gasteiger partial charge on any atom is -0.330 e. The van der Waals surface area contributed by atoms with Gasteiger partial charge in [0, 0.05) is 0 Å². The van der Waals surface area contributed by atoms with Gasteiger partial charge >= 0.3 is 0 Å². The molecule has 2 heteroatoms. The first-order valence-electron chi connectivity index (χ1n) is 6.15. The van der Waals surface area contributed by atoms with E-state index in [0.717, 1.165) is 12.5 Å². The van der Waals surface area contributed by atoms with Gasteiger partial charge in [0.25, 0.3) is 0 Å². The van der Waals surface area contributed by atoms with Crippen LogP contribution >= 0.6 is 11.8 Å². The molecule has 1 unspecified atom stereocenters. The van der Waals surface area contributed by atoms with Crippen LogP contribution in [-0.4, -0.2) is 18.1 Å². The first-order chi connectivity index (χ1) is 6.87. The topological polar surface area (TPSA) is 26.0 Å². The molecule has 0 radical (unpaired) electrons. The fraction of sp³-hybridized carbons (Fsp3) is 1.00. The highest BCUT2D eigenvalue weighted by atomic mass is 32.2. The van der Waals surface area contributed by atoms with E-state index in [2.05, 4.69) is 11.8 Å². The lowest BCUT2D eigenvalue weighted by Crippen LogP contribution is -2.36. The SMILES string of the molecule is NCCC1(C2CCCC2)CCCSC1. The predicted octanol–water partition coefficient (Wildman–Crippen LogP) is 3.04. The molecule has 2 rings (SSSR count). The normalized spacial score (nSPS) is 34.9. The Morgan fingerprint density at radius 3 is 2.57 bits per heavy atom. The minimum atomic E-state index is 0.647. The molecule has 2 fully saturated rings. The predicted molar refractivity (Wildman–Crippen MR) is 64.6 cm³/mol. The Balaban J connectivity index is 2.02. The highest BCUT2D eigenvalue weighted by Gasteiger charge is 2.40. The van der Waals surface area contributed by atoms with Crippen LogP contribution in [0.5, 0.6) is 0 Å². The fourth-order valence-electron chi connectivity index (χ4n) is 3.42. The van der Waals surface area contributed by atoms with Crippen molar-refractivity contribution in [3.8, 4) is 0 Å². The first-order valence-corrected chi connectivity index (χ1v) is 7.31. The second-order valence-electron chi connectivity index (χ2n) is 5.04. The largest absolute Gasteiger partial charge is 0.330 e. The molecule has 1 heterocycles. The first kappa shape index (κ1) is 10.8. The van der Waals surface area contributed by atoms with Gasteiger partial charge in [-0.25, -0.2) is 0 Å². The van der Waals surface area contributed by atoms with Gasteiger partial charge in [-0.3, -0.25) is 0 Å². The monoisotopic (exact) mass is 213 g/mol. The fourth-order valence-corrected chi connectivity index (χ4v) is 4.85. The molecule has 1 aliphatic heterocycles. The summed E-state index contributed by atoms with van der Waals surface area (Å²) >= 11 is 2.17. The molecule has 0 aromatic heterocycles. The third-order valence-corrected chi connectivity index (χ3v) is 5.57. The average molecular weight is 213 g/mol. The van der Waals surface area contributed by atoms with Crippen molar-refractivity contribution in [3.05, 3.63) is 0 Å². The van der Waals surface area contributed by atoms with Crippen molar-refractivity contribution in [1.29, 1.82) is 0 Å². The van der Waals surface area contributed by atoms with E-state index >= 15 is 0 Å². The van der Waals surface area contributed by atoms with Crippen LogP contribution in [0.3, 0.4) is 0 Å². The van der Waals surface area contributed by atoms with Crippen LogP contribution in [0.4, 0.5) is 0 Å². The van der Waals surface area contributed by atoms with Crippen molar-refractivity contribution in [2.45, 2.75) is 44.9 Å². The molecular weight excluding hydrogens is 190 g/mol. The molecule has 1 saturated heterocycles. The van der Waals surface area contributed by atoms with Gasteiger partial charge in [-0.2, -0.15) is 11.8 Å². The van der Waals surface area contributed by atoms with Crippen molar-refractivity contribution in [1.82, 2.24) is 0 Å².